The van der Waals surface area contributed by atoms with Crippen LogP contribution in [0.3, 0.4) is 0 Å². The Labute approximate surface area is 191 Å². The van der Waals surface area contributed by atoms with E-state index in [-0.39, 0.29) is 25.4 Å². The summed E-state index contributed by atoms with van der Waals surface area (Å²) in [5.41, 5.74) is -1.59. The maximum Gasteiger partial charge on any atom is 0.411 e. The van der Waals surface area contributed by atoms with Crippen molar-refractivity contribution in [3.63, 3.8) is 0 Å². The van der Waals surface area contributed by atoms with Crippen LogP contribution < -0.4 is 5.32 Å². The highest BCUT2D eigenvalue weighted by Gasteiger charge is 2.53. The molecule has 0 aromatic carbocycles. The van der Waals surface area contributed by atoms with Gasteiger partial charge in [-0.15, -0.1) is 0 Å². The van der Waals surface area contributed by atoms with Gasteiger partial charge in [-0.25, -0.2) is 9.59 Å². The molecule has 0 unspecified atom stereocenters. The highest BCUT2D eigenvalue weighted by Crippen LogP contribution is 2.37. The van der Waals surface area contributed by atoms with Crippen molar-refractivity contribution in [1.82, 2.24) is 10.2 Å². The average molecular weight is 457 g/mol. The number of hydrogen-bond donors (Lipinski definition) is 3. The molecule has 9 heteroatoms. The quantitative estimate of drug-likeness (QED) is 0.396. The molecule has 0 aromatic rings. The molecule has 0 saturated carbocycles. The maximum absolute atomic E-state index is 13.3. The number of rotatable bonds is 7. The molecule has 2 amide bonds. The molecule has 1 aliphatic heterocycles. The summed E-state index contributed by atoms with van der Waals surface area (Å²) in [5, 5.41) is 22.8. The Morgan fingerprint density at radius 1 is 1.12 bits per heavy atom. The van der Waals surface area contributed by atoms with Crippen molar-refractivity contribution < 1.29 is 34.1 Å². The van der Waals surface area contributed by atoms with E-state index >= 15 is 0 Å². The van der Waals surface area contributed by atoms with Gasteiger partial charge in [0.1, 0.15) is 17.2 Å². The van der Waals surface area contributed by atoms with Gasteiger partial charge in [-0.05, 0) is 61.3 Å². The summed E-state index contributed by atoms with van der Waals surface area (Å²) in [7, 11) is 0. The summed E-state index contributed by atoms with van der Waals surface area (Å²) in [4.78, 5) is 39.6. The second-order valence-electron chi connectivity index (χ2n) is 10.2. The van der Waals surface area contributed by atoms with Crippen LogP contribution >= 0.6 is 0 Å². The minimum Gasteiger partial charge on any atom is -0.458 e. The molecule has 5 atom stereocenters. The van der Waals surface area contributed by atoms with Gasteiger partial charge in [0, 0.05) is 19.4 Å². The number of aliphatic hydroxyl groups excluding tert-OH is 2. The summed E-state index contributed by atoms with van der Waals surface area (Å²) < 4.78 is 11.2. The Morgan fingerprint density at radius 3 is 2.12 bits per heavy atom. The molecule has 184 valence electrons. The lowest BCUT2D eigenvalue weighted by molar-refractivity contribution is -0.160. The number of allylic oxidation sites excluding steroid dienone is 1. The van der Waals surface area contributed by atoms with Crippen molar-refractivity contribution in [2.24, 2.45) is 5.92 Å². The lowest BCUT2D eigenvalue weighted by Gasteiger charge is -2.39. The first-order valence-corrected chi connectivity index (χ1v) is 11.0. The SMILES string of the molecule is CC=C[C@@H]1C[C@@H](C(=O)OC(C)(C)C)N(C(=O)OC(C)(C)C)[C@H]1[C@@H](NC(C)=O)[C@H](O)CCO. The number of esters is 1. The second-order valence-corrected chi connectivity index (χ2v) is 10.2. The molecular weight excluding hydrogens is 416 g/mol. The fourth-order valence-electron chi connectivity index (χ4n) is 3.90. The fourth-order valence-corrected chi connectivity index (χ4v) is 3.90. The van der Waals surface area contributed by atoms with Crippen LogP contribution in [0.5, 0.6) is 0 Å². The Balaban J connectivity index is 3.55. The first-order valence-electron chi connectivity index (χ1n) is 11.0. The van der Waals surface area contributed by atoms with Crippen LogP contribution in [0, 0.1) is 5.92 Å². The molecule has 1 saturated heterocycles. The monoisotopic (exact) mass is 456 g/mol. The van der Waals surface area contributed by atoms with Crippen LogP contribution in [0.25, 0.3) is 0 Å². The van der Waals surface area contributed by atoms with Gasteiger partial charge in [-0.3, -0.25) is 9.69 Å². The molecule has 1 rings (SSSR count). The predicted molar refractivity (Wildman–Crippen MR) is 120 cm³/mol. The van der Waals surface area contributed by atoms with E-state index in [0.717, 1.165) is 0 Å². The molecule has 1 fully saturated rings. The number of likely N-dealkylation sites (tertiary alicyclic amines) is 1. The zero-order valence-electron chi connectivity index (χ0n) is 20.5. The first kappa shape index (κ1) is 27.9. The molecule has 0 radical (unpaired) electrons. The largest absolute Gasteiger partial charge is 0.458 e. The molecular formula is C23H40N2O7. The minimum atomic E-state index is -1.15. The summed E-state index contributed by atoms with van der Waals surface area (Å²) in [6, 6.07) is -2.68. The summed E-state index contributed by atoms with van der Waals surface area (Å²) in [6.07, 6.45) is 1.98. The maximum atomic E-state index is 13.3. The van der Waals surface area contributed by atoms with Crippen LogP contribution in [-0.4, -0.2) is 75.1 Å². The molecule has 1 heterocycles. The van der Waals surface area contributed by atoms with Gasteiger partial charge in [0.2, 0.25) is 5.91 Å². The zero-order valence-corrected chi connectivity index (χ0v) is 20.5. The number of nitrogens with one attached hydrogen (secondary N) is 1. The van der Waals surface area contributed by atoms with Crippen LogP contribution in [0.2, 0.25) is 0 Å². The Hall–Kier alpha value is -2.13. The number of nitrogens with zero attached hydrogens (tertiary/aromatic N) is 1. The van der Waals surface area contributed by atoms with Crippen molar-refractivity contribution in [2.45, 2.75) is 104 Å². The highest BCUT2D eigenvalue weighted by atomic mass is 16.6. The number of carbonyl (C=O) groups excluding carboxylic acids is 3. The van der Waals surface area contributed by atoms with Gasteiger partial charge in [0.05, 0.1) is 18.2 Å². The van der Waals surface area contributed by atoms with E-state index in [1.54, 1.807) is 47.6 Å². The number of amides is 2. The highest BCUT2D eigenvalue weighted by molar-refractivity contribution is 5.83. The predicted octanol–water partition coefficient (Wildman–Crippen LogP) is 2.15. The molecule has 0 bridgehead atoms. The minimum absolute atomic E-state index is 0.0106. The lowest BCUT2D eigenvalue weighted by atomic mass is 9.89. The van der Waals surface area contributed by atoms with E-state index in [1.807, 2.05) is 13.0 Å². The van der Waals surface area contributed by atoms with Crippen LogP contribution in [0.1, 0.15) is 68.2 Å². The van der Waals surface area contributed by atoms with E-state index in [4.69, 9.17) is 9.47 Å². The Kier molecular flexibility index (Phi) is 9.71. The van der Waals surface area contributed by atoms with Gasteiger partial charge in [0.25, 0.3) is 0 Å². The van der Waals surface area contributed by atoms with Crippen molar-refractivity contribution in [3.8, 4) is 0 Å². The lowest BCUT2D eigenvalue weighted by Crippen LogP contribution is -2.60. The molecule has 0 aromatic heterocycles. The van der Waals surface area contributed by atoms with E-state index < -0.39 is 53.4 Å². The fraction of sp³-hybridized carbons (Fsp3) is 0.783. The Morgan fingerprint density at radius 2 is 1.69 bits per heavy atom. The third kappa shape index (κ3) is 8.09. The van der Waals surface area contributed by atoms with Gasteiger partial charge in [-0.1, -0.05) is 12.2 Å². The second kappa shape index (κ2) is 11.1. The molecule has 9 nitrogen and oxygen atoms in total. The first-order chi connectivity index (χ1) is 14.6. The standard InChI is InChI=1S/C23H40N2O7/c1-9-10-15-13-16(20(29)31-22(3,4)5)25(21(30)32-23(6,7)8)19(15)18(24-14(2)27)17(28)11-12-26/h9-10,15-19,26,28H,11-13H2,1-8H3,(H,24,27)/t15-,16+,17-,18+,19-/m1/s1. The van der Waals surface area contributed by atoms with Crippen molar-refractivity contribution in [1.29, 1.82) is 0 Å². The third-order valence-corrected chi connectivity index (χ3v) is 4.89. The summed E-state index contributed by atoms with van der Waals surface area (Å²) in [5.74, 6) is -1.36. The molecule has 1 aliphatic rings. The van der Waals surface area contributed by atoms with E-state index in [1.165, 1.54) is 11.8 Å². The number of ether oxygens (including phenoxy) is 2. The number of carbonyl (C=O) groups is 3. The number of aliphatic hydroxyl groups is 2. The van der Waals surface area contributed by atoms with Gasteiger partial charge in [0.15, 0.2) is 0 Å². The molecule has 3 N–H and O–H groups in total. The molecule has 0 spiro atoms. The smallest absolute Gasteiger partial charge is 0.411 e. The van der Waals surface area contributed by atoms with Crippen LogP contribution in [0.15, 0.2) is 12.2 Å². The van der Waals surface area contributed by atoms with Crippen molar-refractivity contribution in [2.75, 3.05) is 6.61 Å². The normalized spacial score (nSPS) is 23.7. The number of hydrogen-bond acceptors (Lipinski definition) is 7. The van der Waals surface area contributed by atoms with Crippen LogP contribution in [0.4, 0.5) is 4.79 Å². The van der Waals surface area contributed by atoms with E-state index in [0.29, 0.717) is 0 Å². The van der Waals surface area contributed by atoms with E-state index in [9.17, 15) is 24.6 Å². The average Bonchev–Trinajstić information content (AvgIpc) is 2.96. The molecule has 0 aliphatic carbocycles. The van der Waals surface area contributed by atoms with Gasteiger partial charge in [-0.2, -0.15) is 0 Å². The van der Waals surface area contributed by atoms with Crippen molar-refractivity contribution in [3.05, 3.63) is 12.2 Å². The molecule has 32 heavy (non-hydrogen) atoms. The van der Waals surface area contributed by atoms with Crippen LogP contribution in [-0.2, 0) is 19.1 Å². The van der Waals surface area contributed by atoms with Gasteiger partial charge < -0.3 is 25.0 Å². The van der Waals surface area contributed by atoms with Crippen molar-refractivity contribution >= 4 is 18.0 Å². The van der Waals surface area contributed by atoms with E-state index in [2.05, 4.69) is 5.32 Å². The Bertz CT molecular complexity index is 693. The summed E-state index contributed by atoms with van der Waals surface area (Å²) >= 11 is 0. The topological polar surface area (TPSA) is 125 Å². The zero-order chi connectivity index (χ0) is 24.9. The van der Waals surface area contributed by atoms with Gasteiger partial charge >= 0.3 is 12.1 Å². The summed E-state index contributed by atoms with van der Waals surface area (Å²) in [6.45, 7) is 13.2. The third-order valence-electron chi connectivity index (χ3n) is 4.89.